The number of phenols is 1. The smallest absolute Gasteiger partial charge is 0.393 e. The zero-order valence-corrected chi connectivity index (χ0v) is 15.4. The standard InChI is InChI=1S/C20H15F4N5O/c21-15-9-12(4-5-16(15)30)10-19-27-26-18-7-6-17(28-29(18)19)25-14-3-1-2-13(8-14)11-20(22,23)24/h1-9,30H,10-11H2,(H,25,28). The fourth-order valence-corrected chi connectivity index (χ4v) is 2.99. The van der Waals surface area contributed by atoms with Crippen LogP contribution in [0.5, 0.6) is 5.75 Å². The first-order valence-corrected chi connectivity index (χ1v) is 8.88. The molecule has 6 nitrogen and oxygen atoms in total. The van der Waals surface area contributed by atoms with Crippen LogP contribution < -0.4 is 5.32 Å². The zero-order chi connectivity index (χ0) is 21.3. The van der Waals surface area contributed by atoms with E-state index < -0.39 is 24.2 Å². The molecule has 0 spiro atoms. The van der Waals surface area contributed by atoms with Crippen LogP contribution in [0.15, 0.2) is 54.6 Å². The van der Waals surface area contributed by atoms with E-state index in [0.717, 1.165) is 0 Å². The lowest BCUT2D eigenvalue weighted by molar-refractivity contribution is -0.127. The van der Waals surface area contributed by atoms with E-state index in [-0.39, 0.29) is 12.0 Å². The molecule has 0 aliphatic rings. The topological polar surface area (TPSA) is 75.3 Å². The Labute approximate surface area is 167 Å². The summed E-state index contributed by atoms with van der Waals surface area (Å²) in [7, 11) is 0. The molecule has 0 saturated heterocycles. The van der Waals surface area contributed by atoms with Crippen LogP contribution in [-0.2, 0) is 12.8 Å². The van der Waals surface area contributed by atoms with E-state index in [4.69, 9.17) is 0 Å². The summed E-state index contributed by atoms with van der Waals surface area (Å²) in [5.41, 5.74) is 1.62. The van der Waals surface area contributed by atoms with Gasteiger partial charge in [0.2, 0.25) is 0 Å². The minimum atomic E-state index is -4.29. The quantitative estimate of drug-likeness (QED) is 0.471. The lowest BCUT2D eigenvalue weighted by Crippen LogP contribution is -2.11. The van der Waals surface area contributed by atoms with Gasteiger partial charge in [-0.15, -0.1) is 15.3 Å². The maximum absolute atomic E-state index is 13.6. The van der Waals surface area contributed by atoms with Gasteiger partial charge in [0.1, 0.15) is 0 Å². The number of benzene rings is 2. The van der Waals surface area contributed by atoms with Gasteiger partial charge >= 0.3 is 6.18 Å². The van der Waals surface area contributed by atoms with Crippen molar-refractivity contribution >= 4 is 17.2 Å². The van der Waals surface area contributed by atoms with Gasteiger partial charge in [-0.2, -0.15) is 17.7 Å². The molecule has 0 amide bonds. The molecule has 0 aliphatic carbocycles. The van der Waals surface area contributed by atoms with Crippen molar-refractivity contribution < 1.29 is 22.7 Å². The molecule has 0 saturated carbocycles. The highest BCUT2D eigenvalue weighted by Gasteiger charge is 2.27. The molecule has 0 atom stereocenters. The summed E-state index contributed by atoms with van der Waals surface area (Å²) >= 11 is 0. The van der Waals surface area contributed by atoms with E-state index in [1.807, 2.05) is 0 Å². The molecule has 4 aromatic rings. The minimum Gasteiger partial charge on any atom is -0.505 e. The predicted molar refractivity (Wildman–Crippen MR) is 101 cm³/mol. The van der Waals surface area contributed by atoms with Crippen LogP contribution >= 0.6 is 0 Å². The Bertz CT molecular complexity index is 1210. The fourth-order valence-electron chi connectivity index (χ4n) is 2.99. The van der Waals surface area contributed by atoms with Crippen molar-refractivity contribution in [1.82, 2.24) is 19.8 Å². The Balaban J connectivity index is 1.58. The molecule has 0 fully saturated rings. The van der Waals surface area contributed by atoms with E-state index in [0.29, 0.717) is 28.5 Å². The number of aromatic nitrogens is 4. The van der Waals surface area contributed by atoms with E-state index in [9.17, 15) is 22.7 Å². The van der Waals surface area contributed by atoms with Gasteiger partial charge in [-0.05, 0) is 47.5 Å². The Kier molecular flexibility index (Phi) is 4.98. The summed E-state index contributed by atoms with van der Waals surface area (Å²) in [5.74, 6) is -0.369. The maximum atomic E-state index is 13.6. The van der Waals surface area contributed by atoms with Crippen LogP contribution in [-0.4, -0.2) is 31.1 Å². The molecule has 0 aliphatic heterocycles. The molecule has 2 aromatic heterocycles. The van der Waals surface area contributed by atoms with Crippen LogP contribution in [0.3, 0.4) is 0 Å². The van der Waals surface area contributed by atoms with Crippen LogP contribution in [0.25, 0.3) is 5.65 Å². The average molecular weight is 417 g/mol. The number of rotatable bonds is 5. The van der Waals surface area contributed by atoms with Crippen molar-refractivity contribution in [2.24, 2.45) is 0 Å². The van der Waals surface area contributed by atoms with Crippen LogP contribution in [0, 0.1) is 5.82 Å². The second-order valence-corrected chi connectivity index (χ2v) is 6.68. The molecule has 0 radical (unpaired) electrons. The number of halogens is 4. The normalized spacial score (nSPS) is 11.7. The number of hydrogen-bond acceptors (Lipinski definition) is 5. The lowest BCUT2D eigenvalue weighted by atomic mass is 10.1. The summed E-state index contributed by atoms with van der Waals surface area (Å²) in [6.45, 7) is 0. The van der Waals surface area contributed by atoms with Crippen molar-refractivity contribution in [2.45, 2.75) is 19.0 Å². The van der Waals surface area contributed by atoms with E-state index in [2.05, 4.69) is 20.6 Å². The second kappa shape index (κ2) is 7.62. The van der Waals surface area contributed by atoms with E-state index in [1.54, 1.807) is 24.3 Å². The molecule has 2 aromatic carbocycles. The van der Waals surface area contributed by atoms with Gasteiger partial charge in [-0.1, -0.05) is 18.2 Å². The van der Waals surface area contributed by atoms with E-state index >= 15 is 0 Å². The highest BCUT2D eigenvalue weighted by Crippen LogP contribution is 2.24. The predicted octanol–water partition coefficient (Wildman–Crippen LogP) is 4.41. The first-order valence-electron chi connectivity index (χ1n) is 8.88. The third kappa shape index (κ3) is 4.48. The Morgan fingerprint density at radius 2 is 1.80 bits per heavy atom. The average Bonchev–Trinajstić information content (AvgIpc) is 3.06. The fraction of sp³-hybridized carbons (Fsp3) is 0.150. The molecule has 10 heteroatoms. The largest absolute Gasteiger partial charge is 0.505 e. The summed E-state index contributed by atoms with van der Waals surface area (Å²) in [6, 6.07) is 13.3. The monoisotopic (exact) mass is 417 g/mol. The molecule has 4 rings (SSSR count). The number of nitrogens with one attached hydrogen (secondary N) is 1. The molecule has 154 valence electrons. The molecule has 0 bridgehead atoms. The van der Waals surface area contributed by atoms with Gasteiger partial charge in [0, 0.05) is 12.1 Å². The van der Waals surface area contributed by atoms with Gasteiger partial charge < -0.3 is 10.4 Å². The third-order valence-corrected chi connectivity index (χ3v) is 4.31. The van der Waals surface area contributed by atoms with Crippen molar-refractivity contribution in [2.75, 3.05) is 5.32 Å². The lowest BCUT2D eigenvalue weighted by Gasteiger charge is -2.10. The summed E-state index contributed by atoms with van der Waals surface area (Å²) in [4.78, 5) is 0. The molecular weight excluding hydrogens is 402 g/mol. The maximum Gasteiger partial charge on any atom is 0.393 e. The highest BCUT2D eigenvalue weighted by molar-refractivity contribution is 5.58. The molecular formula is C20H15F4N5O. The van der Waals surface area contributed by atoms with Crippen LogP contribution in [0.4, 0.5) is 29.1 Å². The van der Waals surface area contributed by atoms with E-state index in [1.165, 1.54) is 34.8 Å². The van der Waals surface area contributed by atoms with Crippen LogP contribution in [0.2, 0.25) is 0 Å². The first-order chi connectivity index (χ1) is 14.3. The number of alkyl halides is 3. The van der Waals surface area contributed by atoms with Crippen molar-refractivity contribution in [3.63, 3.8) is 0 Å². The Morgan fingerprint density at radius 1 is 0.967 bits per heavy atom. The first kappa shape index (κ1) is 19.6. The number of hydrogen-bond donors (Lipinski definition) is 2. The number of fused-ring (bicyclic) bond motifs is 1. The van der Waals surface area contributed by atoms with Crippen molar-refractivity contribution in [3.05, 3.63) is 77.4 Å². The molecule has 30 heavy (non-hydrogen) atoms. The zero-order valence-electron chi connectivity index (χ0n) is 15.4. The van der Waals surface area contributed by atoms with Gasteiger partial charge in [-0.3, -0.25) is 0 Å². The van der Waals surface area contributed by atoms with Gasteiger partial charge in [0.05, 0.1) is 6.42 Å². The van der Waals surface area contributed by atoms with Gasteiger partial charge in [0.25, 0.3) is 0 Å². The molecule has 0 unspecified atom stereocenters. The number of phenolic OH excluding ortho intramolecular Hbond substituents is 1. The Morgan fingerprint density at radius 3 is 2.57 bits per heavy atom. The molecule has 2 heterocycles. The van der Waals surface area contributed by atoms with Gasteiger partial charge in [-0.25, -0.2) is 4.39 Å². The number of aromatic hydroxyl groups is 1. The third-order valence-electron chi connectivity index (χ3n) is 4.31. The van der Waals surface area contributed by atoms with Crippen LogP contribution in [0.1, 0.15) is 17.0 Å². The van der Waals surface area contributed by atoms with Gasteiger partial charge in [0.15, 0.2) is 28.9 Å². The SMILES string of the molecule is Oc1ccc(Cc2nnc3ccc(Nc4cccc(CC(F)(F)F)c4)nn23)cc1F. The second-order valence-electron chi connectivity index (χ2n) is 6.68. The summed E-state index contributed by atoms with van der Waals surface area (Å²) < 4.78 is 52.9. The number of anilines is 2. The summed E-state index contributed by atoms with van der Waals surface area (Å²) in [6.07, 6.45) is -5.09. The number of nitrogens with zero attached hydrogens (tertiary/aromatic N) is 4. The summed E-state index contributed by atoms with van der Waals surface area (Å²) in [5, 5.41) is 24.7. The van der Waals surface area contributed by atoms with Crippen molar-refractivity contribution in [3.8, 4) is 5.75 Å². The Hall–Kier alpha value is -3.69. The van der Waals surface area contributed by atoms with Crippen molar-refractivity contribution in [1.29, 1.82) is 0 Å². The highest BCUT2D eigenvalue weighted by atomic mass is 19.4. The molecule has 2 N–H and O–H groups in total. The minimum absolute atomic E-state index is 0.132.